The molecule has 0 aliphatic heterocycles. The van der Waals surface area contributed by atoms with Crippen molar-refractivity contribution < 1.29 is 0 Å². The maximum Gasteiger partial charge on any atom is 0.238 e. The lowest BCUT2D eigenvalue weighted by atomic mass is 10.0. The first-order chi connectivity index (χ1) is 34.2. The van der Waals surface area contributed by atoms with E-state index in [1.807, 2.05) is 12.1 Å². The van der Waals surface area contributed by atoms with E-state index in [2.05, 4.69) is 244 Å². The van der Waals surface area contributed by atoms with Crippen molar-refractivity contribution in [2.75, 3.05) is 0 Å². The number of nitrogens with zero attached hydrogens (tertiary/aromatic N) is 6. The predicted molar refractivity (Wildman–Crippen MR) is 285 cm³/mol. The van der Waals surface area contributed by atoms with Gasteiger partial charge in [0.25, 0.3) is 0 Å². The van der Waals surface area contributed by atoms with Gasteiger partial charge in [0.1, 0.15) is 0 Å². The number of para-hydroxylation sites is 4. The molecule has 0 N–H and O–H groups in total. The molecule has 69 heavy (non-hydrogen) atoms. The zero-order chi connectivity index (χ0) is 45.4. The third kappa shape index (κ3) is 6.23. The Labute approximate surface area is 397 Å². The Balaban J connectivity index is 1.06. The predicted octanol–water partition coefficient (Wildman–Crippen LogP) is 15.8. The fourth-order valence-electron chi connectivity index (χ4n) is 10.6. The van der Waals surface area contributed by atoms with Gasteiger partial charge in [-0.15, -0.1) is 0 Å². The maximum absolute atomic E-state index is 5.47. The van der Waals surface area contributed by atoms with E-state index in [1.54, 1.807) is 0 Å². The molecule has 14 aromatic rings. The highest BCUT2D eigenvalue weighted by Crippen LogP contribution is 2.43. The number of fused-ring (bicyclic) bond motifs is 10. The van der Waals surface area contributed by atoms with Gasteiger partial charge in [-0.05, 0) is 76.9 Å². The number of hydrogen-bond donors (Lipinski definition) is 0. The fraction of sp³-hybridized carbons (Fsp3) is 0. The summed E-state index contributed by atoms with van der Waals surface area (Å²) in [5.41, 5.74) is 15.1. The van der Waals surface area contributed by atoms with E-state index >= 15 is 0 Å². The Morgan fingerprint density at radius 2 is 0.681 bits per heavy atom. The van der Waals surface area contributed by atoms with Crippen LogP contribution in [0.25, 0.3) is 128 Å². The second-order valence-corrected chi connectivity index (χ2v) is 17.6. The van der Waals surface area contributed by atoms with Crippen LogP contribution in [0, 0.1) is 0 Å². The molecule has 0 spiro atoms. The minimum absolute atomic E-state index is 0.543. The summed E-state index contributed by atoms with van der Waals surface area (Å²) in [6.07, 6.45) is 0. The van der Waals surface area contributed by atoms with Crippen LogP contribution in [-0.4, -0.2) is 28.7 Å². The summed E-state index contributed by atoms with van der Waals surface area (Å²) in [6, 6.07) is 86.2. The molecule has 6 heteroatoms. The summed E-state index contributed by atoms with van der Waals surface area (Å²) in [4.78, 5) is 16.2. The Bertz CT molecular complexity index is 4230. The quantitative estimate of drug-likeness (QED) is 0.160. The zero-order valence-electron chi connectivity index (χ0n) is 37.3. The third-order valence-electron chi connectivity index (χ3n) is 13.7. The molecule has 4 aromatic heterocycles. The Morgan fingerprint density at radius 3 is 1.33 bits per heavy atom. The first-order valence-electron chi connectivity index (χ1n) is 23.4. The van der Waals surface area contributed by atoms with Gasteiger partial charge in [0.15, 0.2) is 11.6 Å². The van der Waals surface area contributed by atoms with E-state index in [4.69, 9.17) is 15.0 Å². The summed E-state index contributed by atoms with van der Waals surface area (Å²) in [5.74, 6) is 1.73. The van der Waals surface area contributed by atoms with Crippen LogP contribution in [0.15, 0.2) is 243 Å². The van der Waals surface area contributed by atoms with Crippen molar-refractivity contribution in [1.82, 2.24) is 28.7 Å². The summed E-state index contributed by atoms with van der Waals surface area (Å²) in [5, 5.41) is 6.99. The highest BCUT2D eigenvalue weighted by molar-refractivity contribution is 6.24. The largest absolute Gasteiger partial charge is 0.309 e. The lowest BCUT2D eigenvalue weighted by Crippen LogP contribution is -2.07. The summed E-state index contributed by atoms with van der Waals surface area (Å²) >= 11 is 0. The highest BCUT2D eigenvalue weighted by Gasteiger charge is 2.24. The van der Waals surface area contributed by atoms with Crippen LogP contribution in [0.2, 0.25) is 0 Å². The molecule has 0 saturated carbocycles. The molecule has 14 rings (SSSR count). The first kappa shape index (κ1) is 38.8. The average molecular weight is 881 g/mol. The van der Waals surface area contributed by atoms with Gasteiger partial charge in [0.2, 0.25) is 5.95 Å². The molecule has 0 bridgehead atoms. The van der Waals surface area contributed by atoms with Gasteiger partial charge in [-0.3, -0.25) is 4.57 Å². The van der Waals surface area contributed by atoms with Gasteiger partial charge in [-0.2, -0.15) is 9.97 Å². The van der Waals surface area contributed by atoms with Crippen molar-refractivity contribution in [3.05, 3.63) is 243 Å². The first-order valence-corrected chi connectivity index (χ1v) is 23.4. The van der Waals surface area contributed by atoms with Crippen molar-refractivity contribution in [2.24, 2.45) is 0 Å². The maximum atomic E-state index is 5.47. The normalized spacial score (nSPS) is 11.8. The lowest BCUT2D eigenvalue weighted by molar-refractivity contribution is 0.953. The number of benzene rings is 10. The molecule has 0 unspecified atom stereocenters. The van der Waals surface area contributed by atoms with Gasteiger partial charge in [0, 0.05) is 54.8 Å². The third-order valence-corrected chi connectivity index (χ3v) is 13.7. The van der Waals surface area contributed by atoms with E-state index in [9.17, 15) is 0 Å². The van der Waals surface area contributed by atoms with Crippen LogP contribution in [0.3, 0.4) is 0 Å². The molecule has 0 atom stereocenters. The molecule has 0 saturated heterocycles. The monoisotopic (exact) mass is 880 g/mol. The Hall–Kier alpha value is -9.39. The molecule has 0 aliphatic carbocycles. The zero-order valence-corrected chi connectivity index (χ0v) is 37.3. The second-order valence-electron chi connectivity index (χ2n) is 17.6. The average Bonchev–Trinajstić information content (AvgIpc) is 4.07. The Kier molecular flexibility index (Phi) is 8.79. The fourth-order valence-corrected chi connectivity index (χ4v) is 10.6. The van der Waals surface area contributed by atoms with E-state index in [0.29, 0.717) is 17.6 Å². The minimum Gasteiger partial charge on any atom is -0.309 e. The van der Waals surface area contributed by atoms with Crippen LogP contribution >= 0.6 is 0 Å². The van der Waals surface area contributed by atoms with Crippen LogP contribution in [0.1, 0.15) is 0 Å². The molecular formula is C63H40N6. The SMILES string of the molecule is c1ccc(-c2ccc(-c3nc(-c4cccc(-c5ccccc5)c4)nc(-n4c5ccccc5c5ccc6c7cc(-n8c9ccccc9c9ccccc98)ccc7n(-c7ccccc7)c6c54)n3)cc2)cc1. The summed E-state index contributed by atoms with van der Waals surface area (Å²) < 4.78 is 7.10. The second kappa shape index (κ2) is 15.6. The van der Waals surface area contributed by atoms with E-state index in [-0.39, 0.29) is 0 Å². The van der Waals surface area contributed by atoms with Crippen molar-refractivity contribution >= 4 is 65.4 Å². The molecule has 4 heterocycles. The van der Waals surface area contributed by atoms with Gasteiger partial charge in [0.05, 0.1) is 33.1 Å². The van der Waals surface area contributed by atoms with Gasteiger partial charge >= 0.3 is 0 Å². The van der Waals surface area contributed by atoms with Gasteiger partial charge in [-0.1, -0.05) is 188 Å². The van der Waals surface area contributed by atoms with Crippen molar-refractivity contribution in [2.45, 2.75) is 0 Å². The number of hydrogen-bond acceptors (Lipinski definition) is 3. The lowest BCUT2D eigenvalue weighted by Gasteiger charge is -2.14. The van der Waals surface area contributed by atoms with Crippen LogP contribution in [-0.2, 0) is 0 Å². The molecule has 0 fully saturated rings. The molecule has 0 aliphatic rings. The smallest absolute Gasteiger partial charge is 0.238 e. The molecule has 0 radical (unpaired) electrons. The molecule has 6 nitrogen and oxygen atoms in total. The topological polar surface area (TPSA) is 53.5 Å². The molecule has 322 valence electrons. The minimum atomic E-state index is 0.543. The number of rotatable bonds is 7. The number of aromatic nitrogens is 6. The van der Waals surface area contributed by atoms with Crippen LogP contribution in [0.5, 0.6) is 0 Å². The van der Waals surface area contributed by atoms with E-state index in [0.717, 1.165) is 88.4 Å². The van der Waals surface area contributed by atoms with Crippen LogP contribution < -0.4 is 0 Å². The standard InChI is InChI=1S/C63H40N6/c1-4-17-41(18-5-1)43-31-33-44(34-32-43)61-64-62(46-22-16-21-45(39-46)42-19-6-2-7-20-42)66-63(65-61)69-57-30-15-12-27-51(57)52-36-37-53-54-40-48(67-55-28-13-10-25-49(55)50-26-11-14-29-56(50)67)35-38-58(54)68(59(53)60(52)69)47-23-8-3-9-24-47/h1-40H. The van der Waals surface area contributed by atoms with Crippen molar-refractivity contribution in [3.8, 4) is 62.4 Å². The highest BCUT2D eigenvalue weighted by atomic mass is 15.2. The van der Waals surface area contributed by atoms with Gasteiger partial charge in [-0.25, -0.2) is 4.98 Å². The van der Waals surface area contributed by atoms with Gasteiger partial charge < -0.3 is 9.13 Å². The Morgan fingerprint density at radius 1 is 0.232 bits per heavy atom. The van der Waals surface area contributed by atoms with Crippen molar-refractivity contribution in [3.63, 3.8) is 0 Å². The molecular weight excluding hydrogens is 841 g/mol. The van der Waals surface area contributed by atoms with Crippen molar-refractivity contribution in [1.29, 1.82) is 0 Å². The summed E-state index contributed by atoms with van der Waals surface area (Å²) in [6.45, 7) is 0. The summed E-state index contributed by atoms with van der Waals surface area (Å²) in [7, 11) is 0. The van der Waals surface area contributed by atoms with Crippen LogP contribution in [0.4, 0.5) is 0 Å². The molecule has 10 aromatic carbocycles. The van der Waals surface area contributed by atoms with E-state index < -0.39 is 0 Å². The molecule has 0 amide bonds. The van der Waals surface area contributed by atoms with E-state index in [1.165, 1.54) is 21.8 Å².